The van der Waals surface area contributed by atoms with Gasteiger partial charge in [0.1, 0.15) is 5.82 Å². The number of aliphatic hydroxyl groups excluding tert-OH is 1. The van der Waals surface area contributed by atoms with Crippen molar-refractivity contribution >= 4 is 17.3 Å². The third kappa shape index (κ3) is 2.08. The lowest BCUT2D eigenvalue weighted by Crippen LogP contribution is -2.24. The van der Waals surface area contributed by atoms with Crippen molar-refractivity contribution in [1.82, 2.24) is 0 Å². The molecule has 3 rings (SSSR count). The molecule has 1 aliphatic heterocycles. The van der Waals surface area contributed by atoms with E-state index in [0.29, 0.717) is 11.3 Å². The maximum absolute atomic E-state index is 14.0. The fraction of sp³-hybridized carbons (Fsp3) is 0.0667. The predicted octanol–water partition coefficient (Wildman–Crippen LogP) is 1.93. The van der Waals surface area contributed by atoms with E-state index in [1.807, 2.05) is 0 Å². The first kappa shape index (κ1) is 12.5. The molecule has 1 amide bonds. The number of nitrogens with one attached hydrogen (secondary N) is 1. The molecule has 2 N–H and O–H groups in total. The molecule has 20 heavy (non-hydrogen) atoms. The fourth-order valence-corrected chi connectivity index (χ4v) is 2.11. The molecule has 0 saturated heterocycles. The molecule has 1 aliphatic rings. The number of hydrogen-bond acceptors (Lipinski definition) is 3. The van der Waals surface area contributed by atoms with Gasteiger partial charge < -0.3 is 10.4 Å². The third-order valence-corrected chi connectivity index (χ3v) is 3.05. The number of para-hydroxylation sites is 1. The number of hydrogen-bond donors (Lipinski definition) is 2. The quantitative estimate of drug-likeness (QED) is 0.831. The van der Waals surface area contributed by atoms with Gasteiger partial charge in [-0.15, -0.1) is 0 Å². The van der Waals surface area contributed by atoms with Crippen molar-refractivity contribution in [3.63, 3.8) is 0 Å². The van der Waals surface area contributed by atoms with E-state index in [1.165, 1.54) is 6.07 Å². The molecule has 2 aromatic rings. The van der Waals surface area contributed by atoms with E-state index < -0.39 is 18.0 Å². The van der Waals surface area contributed by atoms with Crippen LogP contribution in [0.5, 0.6) is 0 Å². The molecule has 1 unspecified atom stereocenters. The van der Waals surface area contributed by atoms with E-state index in [9.17, 15) is 14.3 Å². The zero-order valence-electron chi connectivity index (χ0n) is 10.4. The third-order valence-electron chi connectivity index (χ3n) is 3.05. The molecule has 0 spiro atoms. The fourth-order valence-electron chi connectivity index (χ4n) is 2.11. The molecule has 1 atom stereocenters. The standard InChI is InChI=1S/C15H11FN2O2/c16-11-7-3-1-5-9(11)13-10-6-2-4-8-12(10)17-14(19)15(20)18-13/h1-8,15,20H,(H,17,19). The number of fused-ring (bicyclic) bond motifs is 1. The molecule has 100 valence electrons. The van der Waals surface area contributed by atoms with E-state index in [0.717, 1.165) is 0 Å². The van der Waals surface area contributed by atoms with Crippen LogP contribution in [0.25, 0.3) is 0 Å². The van der Waals surface area contributed by atoms with Gasteiger partial charge in [-0.2, -0.15) is 0 Å². The minimum absolute atomic E-state index is 0.246. The second-order valence-corrected chi connectivity index (χ2v) is 4.37. The van der Waals surface area contributed by atoms with Crippen LogP contribution in [-0.4, -0.2) is 23.0 Å². The SMILES string of the molecule is O=C1Nc2ccccc2C(c2ccccc2F)=NC1O. The largest absolute Gasteiger partial charge is 0.364 e. The molecule has 1 heterocycles. The molecular weight excluding hydrogens is 259 g/mol. The minimum Gasteiger partial charge on any atom is -0.364 e. The number of aliphatic hydroxyl groups is 1. The second kappa shape index (κ2) is 4.86. The van der Waals surface area contributed by atoms with Crippen molar-refractivity contribution in [1.29, 1.82) is 0 Å². The van der Waals surface area contributed by atoms with Gasteiger partial charge in [-0.25, -0.2) is 9.38 Å². The molecule has 0 saturated carbocycles. The molecule has 0 aliphatic carbocycles. The monoisotopic (exact) mass is 270 g/mol. The van der Waals surface area contributed by atoms with Gasteiger partial charge in [0.2, 0.25) is 6.23 Å². The average Bonchev–Trinajstić information content (AvgIpc) is 2.57. The van der Waals surface area contributed by atoms with E-state index >= 15 is 0 Å². The highest BCUT2D eigenvalue weighted by molar-refractivity contribution is 6.19. The number of rotatable bonds is 1. The second-order valence-electron chi connectivity index (χ2n) is 4.37. The van der Waals surface area contributed by atoms with Gasteiger partial charge in [0.25, 0.3) is 5.91 Å². The summed E-state index contributed by atoms with van der Waals surface area (Å²) in [6, 6.07) is 13.0. The van der Waals surface area contributed by atoms with Gasteiger partial charge in [-0.3, -0.25) is 4.79 Å². The van der Waals surface area contributed by atoms with Crippen molar-refractivity contribution in [2.75, 3.05) is 5.32 Å². The number of carbonyl (C=O) groups excluding carboxylic acids is 1. The van der Waals surface area contributed by atoms with E-state index in [4.69, 9.17) is 0 Å². The summed E-state index contributed by atoms with van der Waals surface area (Å²) in [7, 11) is 0. The Hall–Kier alpha value is -2.53. The highest BCUT2D eigenvalue weighted by Gasteiger charge is 2.24. The summed E-state index contributed by atoms with van der Waals surface area (Å²) in [5, 5.41) is 12.3. The Balaban J connectivity index is 2.25. The molecule has 0 radical (unpaired) electrons. The van der Waals surface area contributed by atoms with Crippen LogP contribution in [-0.2, 0) is 4.79 Å². The molecule has 0 aromatic heterocycles. The smallest absolute Gasteiger partial charge is 0.276 e. The van der Waals surface area contributed by atoms with Gasteiger partial charge in [-0.1, -0.05) is 30.3 Å². The first-order valence-corrected chi connectivity index (χ1v) is 6.08. The molecule has 0 fully saturated rings. The van der Waals surface area contributed by atoms with Crippen molar-refractivity contribution in [2.24, 2.45) is 4.99 Å². The van der Waals surface area contributed by atoms with Crippen LogP contribution in [0.15, 0.2) is 53.5 Å². The summed E-state index contributed by atoms with van der Waals surface area (Å²) in [4.78, 5) is 15.6. The van der Waals surface area contributed by atoms with Gasteiger partial charge in [0.05, 0.1) is 11.4 Å². The summed E-state index contributed by atoms with van der Waals surface area (Å²) in [5.41, 5.74) is 1.57. The maximum atomic E-state index is 14.0. The number of carbonyl (C=O) groups is 1. The molecule has 4 nitrogen and oxygen atoms in total. The zero-order chi connectivity index (χ0) is 14.1. The summed E-state index contributed by atoms with van der Waals surface area (Å²) >= 11 is 0. The Labute approximate surface area is 114 Å². The van der Waals surface area contributed by atoms with Crippen molar-refractivity contribution < 1.29 is 14.3 Å². The lowest BCUT2D eigenvalue weighted by atomic mass is 10.0. The number of benzodiazepines with no additional fused rings is 1. The maximum Gasteiger partial charge on any atom is 0.276 e. The van der Waals surface area contributed by atoms with Gasteiger partial charge in [-0.05, 0) is 18.2 Å². The van der Waals surface area contributed by atoms with Crippen molar-refractivity contribution in [2.45, 2.75) is 6.23 Å². The Kier molecular flexibility index (Phi) is 3.04. The Morgan fingerprint density at radius 2 is 1.70 bits per heavy atom. The van der Waals surface area contributed by atoms with Crippen LogP contribution in [0.2, 0.25) is 0 Å². The van der Waals surface area contributed by atoms with E-state index in [2.05, 4.69) is 10.3 Å². The summed E-state index contributed by atoms with van der Waals surface area (Å²) in [6.45, 7) is 0. The highest BCUT2D eigenvalue weighted by atomic mass is 19.1. The van der Waals surface area contributed by atoms with E-state index in [1.54, 1.807) is 42.5 Å². The zero-order valence-corrected chi connectivity index (χ0v) is 10.4. The molecular formula is C15H11FN2O2. The first-order chi connectivity index (χ1) is 9.66. The summed E-state index contributed by atoms with van der Waals surface area (Å²) < 4.78 is 14.0. The van der Waals surface area contributed by atoms with Crippen molar-refractivity contribution in [3.05, 3.63) is 65.5 Å². The number of halogens is 1. The lowest BCUT2D eigenvalue weighted by molar-refractivity contribution is -0.123. The van der Waals surface area contributed by atoms with Gasteiger partial charge in [0.15, 0.2) is 0 Å². The van der Waals surface area contributed by atoms with E-state index in [-0.39, 0.29) is 11.3 Å². The number of aliphatic imine (C=N–C) groups is 1. The number of amides is 1. The highest BCUT2D eigenvalue weighted by Crippen LogP contribution is 2.24. The molecule has 2 aromatic carbocycles. The summed E-state index contributed by atoms with van der Waals surface area (Å²) in [6.07, 6.45) is -1.56. The average molecular weight is 270 g/mol. The van der Waals surface area contributed by atoms with Crippen molar-refractivity contribution in [3.8, 4) is 0 Å². The summed E-state index contributed by atoms with van der Waals surface area (Å²) in [5.74, 6) is -1.09. The molecule has 0 bridgehead atoms. The first-order valence-electron chi connectivity index (χ1n) is 6.08. The predicted molar refractivity (Wildman–Crippen MR) is 73.1 cm³/mol. The van der Waals surface area contributed by atoms with Gasteiger partial charge in [0, 0.05) is 11.1 Å². The van der Waals surface area contributed by atoms with Crippen LogP contribution < -0.4 is 5.32 Å². The van der Waals surface area contributed by atoms with Crippen LogP contribution in [0, 0.1) is 5.82 Å². The van der Waals surface area contributed by atoms with Crippen LogP contribution in [0.1, 0.15) is 11.1 Å². The van der Waals surface area contributed by atoms with Crippen LogP contribution in [0.3, 0.4) is 0 Å². The molecule has 5 heteroatoms. The normalized spacial score (nSPS) is 17.8. The lowest BCUT2D eigenvalue weighted by Gasteiger charge is -2.09. The topological polar surface area (TPSA) is 61.7 Å². The van der Waals surface area contributed by atoms with Crippen LogP contribution >= 0.6 is 0 Å². The Bertz CT molecular complexity index is 713. The van der Waals surface area contributed by atoms with Gasteiger partial charge >= 0.3 is 0 Å². The number of nitrogens with zero attached hydrogens (tertiary/aromatic N) is 1. The number of anilines is 1. The van der Waals surface area contributed by atoms with Crippen LogP contribution in [0.4, 0.5) is 10.1 Å². The number of benzene rings is 2. The Morgan fingerprint density at radius 1 is 1.05 bits per heavy atom. The minimum atomic E-state index is -1.56. The Morgan fingerprint density at radius 3 is 2.45 bits per heavy atom.